The van der Waals surface area contributed by atoms with Gasteiger partial charge in [0.2, 0.25) is 0 Å². The topological polar surface area (TPSA) is 149 Å². The lowest BCUT2D eigenvalue weighted by molar-refractivity contribution is 0.0602. The van der Waals surface area contributed by atoms with E-state index in [0.717, 1.165) is 0 Å². The van der Waals surface area contributed by atoms with Gasteiger partial charge in [0.05, 0.1) is 36.4 Å². The molecule has 0 unspecified atom stereocenters. The Kier molecular flexibility index (Phi) is 5.15. The number of nitrogen functional groups attached to an aromatic ring is 1. The number of nitriles is 3. The zero-order valence-electron chi connectivity index (χ0n) is 13.2. The maximum Gasteiger partial charge on any atom is 0.339 e. The molecule has 1 aromatic carbocycles. The van der Waals surface area contributed by atoms with E-state index in [9.17, 15) is 15.3 Å². The Hall–Kier alpha value is -4.09. The molecule has 0 aliphatic carbocycles. The van der Waals surface area contributed by atoms with Crippen LogP contribution in [0, 0.1) is 34.0 Å². The molecule has 1 heterocycles. The average Bonchev–Trinajstić information content (AvgIpc) is 2.62. The first-order chi connectivity index (χ1) is 12.1. The third-order valence-corrected chi connectivity index (χ3v) is 3.39. The van der Waals surface area contributed by atoms with Crippen molar-refractivity contribution in [3.05, 3.63) is 46.5 Å². The second-order valence-corrected chi connectivity index (χ2v) is 4.79. The summed E-state index contributed by atoms with van der Waals surface area (Å²) < 4.78 is 4.72. The molecular formula is C17H12N6O2. The average molecular weight is 332 g/mol. The monoisotopic (exact) mass is 332 g/mol. The number of nitrogens with zero attached hydrogens (tertiary/aromatic N) is 4. The Morgan fingerprint density at radius 3 is 2.52 bits per heavy atom. The highest BCUT2D eigenvalue weighted by molar-refractivity contribution is 5.96. The molecule has 25 heavy (non-hydrogen) atoms. The number of anilines is 3. The van der Waals surface area contributed by atoms with Crippen molar-refractivity contribution in [2.75, 3.05) is 18.2 Å². The van der Waals surface area contributed by atoms with Crippen LogP contribution in [0.15, 0.2) is 24.3 Å². The third-order valence-electron chi connectivity index (χ3n) is 3.39. The van der Waals surface area contributed by atoms with Crippen LogP contribution in [0.3, 0.4) is 0 Å². The Balaban J connectivity index is 2.63. The Morgan fingerprint density at radius 1 is 1.24 bits per heavy atom. The standard InChI is InChI=1S/C17H12N6O2/c1-25-17(24)11-4-2-3-5-14(11)22-16-13(9-20)10(6-7-18)12(8-19)15(21)23-16/h2-5H,6H2,1H3,(H3,21,22,23). The number of carbonyl (C=O) groups is 1. The summed E-state index contributed by atoms with van der Waals surface area (Å²) in [6, 6.07) is 12.2. The molecule has 0 amide bonds. The lowest BCUT2D eigenvalue weighted by Gasteiger charge is -2.14. The van der Waals surface area contributed by atoms with E-state index < -0.39 is 5.97 Å². The summed E-state index contributed by atoms with van der Waals surface area (Å²) in [7, 11) is 1.25. The van der Waals surface area contributed by atoms with Gasteiger partial charge in [0.25, 0.3) is 0 Å². The van der Waals surface area contributed by atoms with Crippen molar-refractivity contribution in [2.45, 2.75) is 6.42 Å². The van der Waals surface area contributed by atoms with Gasteiger partial charge in [-0.1, -0.05) is 12.1 Å². The van der Waals surface area contributed by atoms with Crippen LogP contribution in [-0.2, 0) is 11.2 Å². The van der Waals surface area contributed by atoms with Crippen molar-refractivity contribution < 1.29 is 9.53 Å². The lowest BCUT2D eigenvalue weighted by Crippen LogP contribution is -2.10. The molecule has 0 fully saturated rings. The second kappa shape index (κ2) is 7.45. The van der Waals surface area contributed by atoms with Crippen molar-refractivity contribution in [2.24, 2.45) is 0 Å². The van der Waals surface area contributed by atoms with Crippen molar-refractivity contribution in [1.82, 2.24) is 4.98 Å². The molecule has 0 bridgehead atoms. The largest absolute Gasteiger partial charge is 0.465 e. The zero-order valence-corrected chi connectivity index (χ0v) is 13.2. The summed E-state index contributed by atoms with van der Waals surface area (Å²) in [5, 5.41) is 30.5. The number of esters is 1. The molecule has 1 aromatic heterocycles. The van der Waals surface area contributed by atoms with Gasteiger partial charge in [0.15, 0.2) is 5.82 Å². The zero-order chi connectivity index (χ0) is 18.4. The minimum atomic E-state index is -0.569. The van der Waals surface area contributed by atoms with Gasteiger partial charge in [0.1, 0.15) is 23.5 Å². The molecule has 2 rings (SSSR count). The number of carbonyl (C=O) groups excluding carboxylic acids is 1. The van der Waals surface area contributed by atoms with Crippen molar-refractivity contribution in [1.29, 1.82) is 15.8 Å². The van der Waals surface area contributed by atoms with E-state index in [1.54, 1.807) is 24.3 Å². The van der Waals surface area contributed by atoms with Crippen LogP contribution in [0.1, 0.15) is 27.0 Å². The van der Waals surface area contributed by atoms with E-state index in [0.29, 0.717) is 5.69 Å². The predicted molar refractivity (Wildman–Crippen MR) is 88.5 cm³/mol. The van der Waals surface area contributed by atoms with Gasteiger partial charge < -0.3 is 15.8 Å². The Bertz CT molecular complexity index is 963. The molecule has 8 heteroatoms. The Morgan fingerprint density at radius 2 is 1.92 bits per heavy atom. The van der Waals surface area contributed by atoms with Crippen molar-refractivity contribution in [3.63, 3.8) is 0 Å². The third kappa shape index (κ3) is 3.31. The first-order valence-electron chi connectivity index (χ1n) is 7.01. The van der Waals surface area contributed by atoms with Gasteiger partial charge in [-0.05, 0) is 12.1 Å². The highest BCUT2D eigenvalue weighted by Gasteiger charge is 2.20. The summed E-state index contributed by atoms with van der Waals surface area (Å²) in [5.74, 6) is -0.620. The van der Waals surface area contributed by atoms with Crippen molar-refractivity contribution >= 4 is 23.3 Å². The van der Waals surface area contributed by atoms with Gasteiger partial charge in [-0.25, -0.2) is 9.78 Å². The number of para-hydroxylation sites is 1. The summed E-state index contributed by atoms with van der Waals surface area (Å²) >= 11 is 0. The number of benzene rings is 1. The first-order valence-corrected chi connectivity index (χ1v) is 7.01. The van der Waals surface area contributed by atoms with Crippen LogP contribution in [0.4, 0.5) is 17.3 Å². The van der Waals surface area contributed by atoms with Crippen LogP contribution in [-0.4, -0.2) is 18.1 Å². The summed E-state index contributed by atoms with van der Waals surface area (Å²) in [4.78, 5) is 15.9. The highest BCUT2D eigenvalue weighted by atomic mass is 16.5. The fourth-order valence-electron chi connectivity index (χ4n) is 2.25. The number of ether oxygens (including phenoxy) is 1. The summed E-state index contributed by atoms with van der Waals surface area (Å²) in [6.45, 7) is 0. The molecule has 0 radical (unpaired) electrons. The SMILES string of the molecule is COC(=O)c1ccccc1Nc1nc(N)c(C#N)c(CC#N)c1C#N. The van der Waals surface area contributed by atoms with E-state index in [1.807, 2.05) is 18.2 Å². The minimum Gasteiger partial charge on any atom is -0.465 e. The molecule has 0 saturated heterocycles. The van der Waals surface area contributed by atoms with Gasteiger partial charge in [-0.15, -0.1) is 0 Å². The van der Waals surface area contributed by atoms with E-state index in [2.05, 4.69) is 10.3 Å². The molecule has 0 saturated carbocycles. The van der Waals surface area contributed by atoms with Crippen LogP contribution >= 0.6 is 0 Å². The lowest BCUT2D eigenvalue weighted by atomic mass is 10.0. The molecule has 3 N–H and O–H groups in total. The fraction of sp³-hybridized carbons (Fsp3) is 0.118. The van der Waals surface area contributed by atoms with Gasteiger partial charge in [-0.3, -0.25) is 0 Å². The molecule has 122 valence electrons. The highest BCUT2D eigenvalue weighted by Crippen LogP contribution is 2.29. The quantitative estimate of drug-likeness (QED) is 0.807. The van der Waals surface area contributed by atoms with Crippen molar-refractivity contribution in [3.8, 4) is 18.2 Å². The number of rotatable bonds is 4. The smallest absolute Gasteiger partial charge is 0.339 e. The normalized spacial score (nSPS) is 9.36. The van der Waals surface area contributed by atoms with E-state index in [1.165, 1.54) is 7.11 Å². The fourth-order valence-corrected chi connectivity index (χ4v) is 2.25. The molecule has 0 spiro atoms. The van der Waals surface area contributed by atoms with Gasteiger partial charge in [-0.2, -0.15) is 15.8 Å². The minimum absolute atomic E-state index is 0.00935. The van der Waals surface area contributed by atoms with Crippen LogP contribution in [0.2, 0.25) is 0 Å². The molecule has 0 aliphatic rings. The van der Waals surface area contributed by atoms with E-state index in [4.69, 9.17) is 15.7 Å². The maximum atomic E-state index is 11.9. The molecule has 0 aliphatic heterocycles. The number of nitrogens with two attached hydrogens (primary N) is 1. The number of methoxy groups -OCH3 is 1. The number of pyridine rings is 1. The predicted octanol–water partition coefficient (Wildman–Crippen LogP) is 2.00. The second-order valence-electron chi connectivity index (χ2n) is 4.79. The van der Waals surface area contributed by atoms with E-state index >= 15 is 0 Å². The molecule has 8 nitrogen and oxygen atoms in total. The number of aromatic nitrogens is 1. The van der Waals surface area contributed by atoms with E-state index in [-0.39, 0.29) is 40.3 Å². The summed E-state index contributed by atoms with van der Waals surface area (Å²) in [6.07, 6.45) is -0.175. The molecule has 0 atom stereocenters. The van der Waals surface area contributed by atoms with Gasteiger partial charge in [0, 0.05) is 5.56 Å². The number of nitrogens with one attached hydrogen (secondary N) is 1. The summed E-state index contributed by atoms with van der Waals surface area (Å²) in [5.41, 5.74) is 6.57. The molecular weight excluding hydrogens is 320 g/mol. The van der Waals surface area contributed by atoms with Crippen LogP contribution in [0.25, 0.3) is 0 Å². The van der Waals surface area contributed by atoms with Crippen LogP contribution in [0.5, 0.6) is 0 Å². The van der Waals surface area contributed by atoms with Gasteiger partial charge >= 0.3 is 5.97 Å². The Labute approximate surface area is 143 Å². The maximum absolute atomic E-state index is 11.9. The number of hydrogen-bond acceptors (Lipinski definition) is 8. The van der Waals surface area contributed by atoms with Crippen LogP contribution < -0.4 is 11.1 Å². The number of hydrogen-bond donors (Lipinski definition) is 2. The first kappa shape index (κ1) is 17.3. The molecule has 2 aromatic rings.